The van der Waals surface area contributed by atoms with Crippen LogP contribution in [-0.2, 0) is 27.3 Å². The Morgan fingerprint density at radius 3 is 2.58 bits per heavy atom. The molecule has 0 spiro atoms. The highest BCUT2D eigenvalue weighted by atomic mass is 16.5. The quantitative estimate of drug-likeness (QED) is 0.569. The monoisotopic (exact) mass is 266 g/mol. The van der Waals surface area contributed by atoms with Crippen molar-refractivity contribution < 1.29 is 19.4 Å². The van der Waals surface area contributed by atoms with E-state index in [2.05, 4.69) is 10.1 Å². The van der Waals surface area contributed by atoms with Gasteiger partial charge in [-0.3, -0.25) is 9.59 Å². The van der Waals surface area contributed by atoms with E-state index in [0.29, 0.717) is 6.54 Å². The van der Waals surface area contributed by atoms with E-state index in [-0.39, 0.29) is 18.9 Å². The molecule has 0 radical (unpaired) electrons. The van der Waals surface area contributed by atoms with E-state index in [1.165, 1.54) is 7.11 Å². The summed E-state index contributed by atoms with van der Waals surface area (Å²) in [5, 5.41) is 12.2. The third-order valence-electron chi connectivity index (χ3n) is 2.66. The fourth-order valence-corrected chi connectivity index (χ4v) is 1.57. The Morgan fingerprint density at radius 1 is 1.37 bits per heavy atom. The number of ether oxygens (including phenoxy) is 1. The van der Waals surface area contributed by atoms with E-state index in [1.807, 2.05) is 24.3 Å². The number of carbonyl (C=O) groups is 2. The van der Waals surface area contributed by atoms with Gasteiger partial charge < -0.3 is 20.9 Å². The van der Waals surface area contributed by atoms with Gasteiger partial charge in [-0.2, -0.15) is 0 Å². The molecule has 0 aliphatic carbocycles. The van der Waals surface area contributed by atoms with Gasteiger partial charge in [0.15, 0.2) is 0 Å². The molecule has 19 heavy (non-hydrogen) atoms. The van der Waals surface area contributed by atoms with Crippen molar-refractivity contribution in [2.45, 2.75) is 19.1 Å². The lowest BCUT2D eigenvalue weighted by atomic mass is 10.0. The van der Waals surface area contributed by atoms with E-state index < -0.39 is 12.0 Å². The lowest BCUT2D eigenvalue weighted by Crippen LogP contribution is -2.37. The third-order valence-corrected chi connectivity index (χ3v) is 2.66. The summed E-state index contributed by atoms with van der Waals surface area (Å²) >= 11 is 0. The van der Waals surface area contributed by atoms with Crippen molar-refractivity contribution in [2.75, 3.05) is 13.7 Å². The smallest absolute Gasteiger partial charge is 0.309 e. The molecule has 6 nitrogen and oxygen atoms in total. The number of hydrogen-bond donors (Lipinski definition) is 3. The average Bonchev–Trinajstić information content (AvgIpc) is 2.40. The minimum Gasteiger partial charge on any atom is -0.469 e. The number of nitrogens with one attached hydrogen (secondary N) is 1. The number of methoxy groups -OCH3 is 1. The van der Waals surface area contributed by atoms with Gasteiger partial charge in [-0.25, -0.2) is 0 Å². The molecule has 0 aliphatic heterocycles. The standard InChI is InChI=1S/C13H18N2O4/c1-19-12(17)6-9-4-2-3-5-10(9)7-15-8-11(16)13(14)18/h2-5,11,15-16H,6-8H2,1H3,(H2,14,18). The van der Waals surface area contributed by atoms with Gasteiger partial charge in [-0.05, 0) is 11.1 Å². The molecule has 4 N–H and O–H groups in total. The maximum atomic E-state index is 11.3. The Morgan fingerprint density at radius 2 is 2.00 bits per heavy atom. The second kappa shape index (κ2) is 7.50. The average molecular weight is 266 g/mol. The molecule has 0 saturated carbocycles. The molecule has 104 valence electrons. The van der Waals surface area contributed by atoms with Crippen molar-refractivity contribution in [3.8, 4) is 0 Å². The molecule has 0 heterocycles. The highest BCUT2D eigenvalue weighted by Gasteiger charge is 2.11. The van der Waals surface area contributed by atoms with Crippen molar-refractivity contribution in [3.63, 3.8) is 0 Å². The minimum atomic E-state index is -1.22. The summed E-state index contributed by atoms with van der Waals surface area (Å²) in [6.07, 6.45) is -1.03. The zero-order chi connectivity index (χ0) is 14.3. The first-order valence-electron chi connectivity index (χ1n) is 5.86. The Balaban J connectivity index is 2.58. The molecule has 1 unspecified atom stereocenters. The summed E-state index contributed by atoms with van der Waals surface area (Å²) in [5.41, 5.74) is 6.69. The number of aliphatic hydroxyl groups is 1. The van der Waals surface area contributed by atoms with Crippen molar-refractivity contribution in [3.05, 3.63) is 35.4 Å². The summed E-state index contributed by atoms with van der Waals surface area (Å²) in [6.45, 7) is 0.499. The van der Waals surface area contributed by atoms with Crippen molar-refractivity contribution >= 4 is 11.9 Å². The Hall–Kier alpha value is -1.92. The van der Waals surface area contributed by atoms with Gasteiger partial charge in [0.1, 0.15) is 6.10 Å². The normalized spacial score (nSPS) is 11.9. The number of benzene rings is 1. The molecule has 0 saturated heterocycles. The molecule has 1 aromatic rings. The van der Waals surface area contributed by atoms with Gasteiger partial charge in [0.25, 0.3) is 0 Å². The number of aliphatic hydroxyl groups excluding tert-OH is 1. The van der Waals surface area contributed by atoms with E-state index >= 15 is 0 Å². The van der Waals surface area contributed by atoms with E-state index in [1.54, 1.807) is 0 Å². The topological polar surface area (TPSA) is 102 Å². The molecule has 1 rings (SSSR count). The van der Waals surface area contributed by atoms with Crippen LogP contribution in [0, 0.1) is 0 Å². The number of hydrogen-bond acceptors (Lipinski definition) is 5. The largest absolute Gasteiger partial charge is 0.469 e. The van der Waals surface area contributed by atoms with Crippen molar-refractivity contribution in [1.82, 2.24) is 5.32 Å². The molecule has 0 fully saturated rings. The molecular formula is C13H18N2O4. The van der Waals surface area contributed by atoms with Crippen LogP contribution in [0.25, 0.3) is 0 Å². The summed E-state index contributed by atoms with van der Waals surface area (Å²) in [5.74, 6) is -1.08. The van der Waals surface area contributed by atoms with Crippen molar-refractivity contribution in [2.24, 2.45) is 5.73 Å². The van der Waals surface area contributed by atoms with Crippen LogP contribution in [0.4, 0.5) is 0 Å². The molecule has 0 bridgehead atoms. The van der Waals surface area contributed by atoms with Crippen LogP contribution in [0.1, 0.15) is 11.1 Å². The first-order chi connectivity index (χ1) is 9.04. The molecule has 0 aromatic heterocycles. The molecule has 1 amide bonds. The van der Waals surface area contributed by atoms with E-state index in [9.17, 15) is 14.7 Å². The molecule has 1 atom stereocenters. The van der Waals surface area contributed by atoms with Gasteiger partial charge in [-0.1, -0.05) is 24.3 Å². The third kappa shape index (κ3) is 5.07. The van der Waals surface area contributed by atoms with Crippen LogP contribution in [0.15, 0.2) is 24.3 Å². The van der Waals surface area contributed by atoms with Crippen LogP contribution < -0.4 is 11.1 Å². The Bertz CT molecular complexity index is 448. The van der Waals surface area contributed by atoms with E-state index in [0.717, 1.165) is 11.1 Å². The Labute approximate surface area is 111 Å². The fraction of sp³-hybridized carbons (Fsp3) is 0.385. The summed E-state index contributed by atoms with van der Waals surface area (Å²) in [6, 6.07) is 7.38. The minimum absolute atomic E-state index is 0.0713. The fourth-order valence-electron chi connectivity index (χ4n) is 1.57. The first kappa shape index (κ1) is 15.1. The predicted octanol–water partition coefficient (Wildman–Crippen LogP) is -0.662. The SMILES string of the molecule is COC(=O)Cc1ccccc1CNCC(O)C(N)=O. The van der Waals surface area contributed by atoms with Crippen LogP contribution in [0.5, 0.6) is 0 Å². The second-order valence-corrected chi connectivity index (χ2v) is 4.07. The van der Waals surface area contributed by atoms with Crippen LogP contribution in [-0.4, -0.2) is 36.7 Å². The van der Waals surface area contributed by atoms with Gasteiger partial charge in [0.05, 0.1) is 13.5 Å². The zero-order valence-electron chi connectivity index (χ0n) is 10.8. The predicted molar refractivity (Wildman–Crippen MR) is 69.1 cm³/mol. The van der Waals surface area contributed by atoms with Crippen LogP contribution in [0.3, 0.4) is 0 Å². The van der Waals surface area contributed by atoms with Gasteiger partial charge in [0.2, 0.25) is 5.91 Å². The highest BCUT2D eigenvalue weighted by Crippen LogP contribution is 2.10. The zero-order valence-corrected chi connectivity index (χ0v) is 10.8. The number of primary amides is 1. The first-order valence-corrected chi connectivity index (χ1v) is 5.86. The number of amides is 1. The van der Waals surface area contributed by atoms with Crippen LogP contribution >= 0.6 is 0 Å². The second-order valence-electron chi connectivity index (χ2n) is 4.07. The number of esters is 1. The van der Waals surface area contributed by atoms with E-state index in [4.69, 9.17) is 5.73 Å². The molecule has 0 aliphatic rings. The molecule has 1 aromatic carbocycles. The number of carbonyl (C=O) groups excluding carboxylic acids is 2. The number of rotatable bonds is 7. The van der Waals surface area contributed by atoms with Gasteiger partial charge in [0, 0.05) is 13.1 Å². The lowest BCUT2D eigenvalue weighted by molar-refractivity contribution is -0.139. The maximum absolute atomic E-state index is 11.3. The van der Waals surface area contributed by atoms with Crippen LogP contribution in [0.2, 0.25) is 0 Å². The highest BCUT2D eigenvalue weighted by molar-refractivity contribution is 5.78. The van der Waals surface area contributed by atoms with Gasteiger partial charge >= 0.3 is 5.97 Å². The number of nitrogens with two attached hydrogens (primary N) is 1. The lowest BCUT2D eigenvalue weighted by Gasteiger charge is -2.11. The Kier molecular flexibility index (Phi) is 5.98. The summed E-state index contributed by atoms with van der Waals surface area (Å²) in [4.78, 5) is 21.9. The molecule has 6 heteroatoms. The summed E-state index contributed by atoms with van der Waals surface area (Å²) < 4.78 is 4.62. The molecular weight excluding hydrogens is 248 g/mol. The van der Waals surface area contributed by atoms with Crippen molar-refractivity contribution in [1.29, 1.82) is 0 Å². The van der Waals surface area contributed by atoms with Gasteiger partial charge in [-0.15, -0.1) is 0 Å². The summed E-state index contributed by atoms with van der Waals surface area (Å²) in [7, 11) is 1.34. The maximum Gasteiger partial charge on any atom is 0.309 e.